The normalized spacial score (nSPS) is 17.3. The van der Waals surface area contributed by atoms with Crippen molar-refractivity contribution >= 4 is 34.4 Å². The van der Waals surface area contributed by atoms with E-state index in [1.165, 1.54) is 6.42 Å². The fourth-order valence-electron chi connectivity index (χ4n) is 4.61. The number of anilines is 3. The Morgan fingerprint density at radius 3 is 2.41 bits per heavy atom. The average molecular weight is 464 g/mol. The standard InChI is InChI=1S/C24H33N9O/c1-29(2)23(34)20-15-18-16-26-24(28-22(18)33(20)32-9-5-4-6-10-32)27-21-8-7-19(17-25-21)31-13-11-30(3)12-14-31/h7-8,15-17H,4-6,9-14H2,1-3H3,(H,25,26,27,28). The van der Waals surface area contributed by atoms with Crippen LogP contribution in [-0.4, -0.2) is 95.7 Å². The number of carbonyl (C=O) groups is 1. The lowest BCUT2D eigenvalue weighted by atomic mass is 10.2. The highest BCUT2D eigenvalue weighted by Gasteiger charge is 2.24. The van der Waals surface area contributed by atoms with Crippen LogP contribution in [0, 0.1) is 0 Å². The van der Waals surface area contributed by atoms with Gasteiger partial charge in [0.2, 0.25) is 5.95 Å². The second-order valence-electron chi connectivity index (χ2n) is 9.34. The first-order valence-corrected chi connectivity index (χ1v) is 12.0. The quantitative estimate of drug-likeness (QED) is 0.616. The summed E-state index contributed by atoms with van der Waals surface area (Å²) in [4.78, 5) is 33.1. The number of hydrogen-bond donors (Lipinski definition) is 1. The highest BCUT2D eigenvalue weighted by Crippen LogP contribution is 2.24. The zero-order valence-electron chi connectivity index (χ0n) is 20.2. The second kappa shape index (κ2) is 9.46. The number of amides is 1. The van der Waals surface area contributed by atoms with Gasteiger partial charge in [0.15, 0.2) is 5.65 Å². The summed E-state index contributed by atoms with van der Waals surface area (Å²) in [7, 11) is 5.70. The second-order valence-corrected chi connectivity index (χ2v) is 9.34. The molecule has 2 aliphatic rings. The Labute approximate surface area is 200 Å². The van der Waals surface area contributed by atoms with E-state index < -0.39 is 0 Å². The SMILES string of the molecule is CN1CCN(c2ccc(Nc3ncc4cc(C(=O)N(C)C)n(N5CCCCC5)c4n3)nc2)CC1. The monoisotopic (exact) mass is 463 g/mol. The van der Waals surface area contributed by atoms with Gasteiger partial charge in [0.1, 0.15) is 11.5 Å². The lowest BCUT2D eigenvalue weighted by Gasteiger charge is -2.33. The Morgan fingerprint density at radius 1 is 0.971 bits per heavy atom. The Kier molecular flexibility index (Phi) is 6.23. The minimum absolute atomic E-state index is 0.0424. The number of nitrogens with one attached hydrogen (secondary N) is 1. The fraction of sp³-hybridized carbons (Fsp3) is 0.500. The van der Waals surface area contributed by atoms with Crippen LogP contribution in [-0.2, 0) is 0 Å². The van der Waals surface area contributed by atoms with E-state index in [1.54, 1.807) is 25.2 Å². The van der Waals surface area contributed by atoms with Crippen molar-refractivity contribution in [2.75, 3.05) is 75.6 Å². The number of rotatable bonds is 5. The van der Waals surface area contributed by atoms with Gasteiger partial charge in [0, 0.05) is 64.9 Å². The summed E-state index contributed by atoms with van der Waals surface area (Å²) in [5.41, 5.74) is 2.47. The van der Waals surface area contributed by atoms with E-state index in [0.29, 0.717) is 17.5 Å². The molecule has 0 radical (unpaired) electrons. The largest absolute Gasteiger partial charge is 0.368 e. The summed E-state index contributed by atoms with van der Waals surface area (Å²) in [5, 5.41) is 6.31. The Morgan fingerprint density at radius 2 is 1.74 bits per heavy atom. The third kappa shape index (κ3) is 4.50. The molecule has 3 aromatic heterocycles. The molecule has 5 rings (SSSR count). The van der Waals surface area contributed by atoms with Gasteiger partial charge < -0.3 is 25.0 Å². The predicted octanol–water partition coefficient (Wildman–Crippen LogP) is 2.15. The van der Waals surface area contributed by atoms with Gasteiger partial charge in [-0.2, -0.15) is 4.98 Å². The molecule has 0 spiro atoms. The lowest BCUT2D eigenvalue weighted by Crippen LogP contribution is -2.44. The number of piperidine rings is 1. The van der Waals surface area contributed by atoms with E-state index in [-0.39, 0.29) is 5.91 Å². The summed E-state index contributed by atoms with van der Waals surface area (Å²) in [5.74, 6) is 1.12. The summed E-state index contributed by atoms with van der Waals surface area (Å²) < 4.78 is 1.98. The Bertz CT molecular complexity index is 1140. The maximum atomic E-state index is 12.9. The Balaban J connectivity index is 1.41. The third-order valence-electron chi connectivity index (χ3n) is 6.61. The van der Waals surface area contributed by atoms with Crippen LogP contribution < -0.4 is 15.2 Å². The molecule has 10 heteroatoms. The summed E-state index contributed by atoms with van der Waals surface area (Å²) >= 11 is 0. The fourth-order valence-corrected chi connectivity index (χ4v) is 4.61. The molecule has 2 aliphatic heterocycles. The van der Waals surface area contributed by atoms with Crippen LogP contribution in [0.1, 0.15) is 29.8 Å². The van der Waals surface area contributed by atoms with Crippen molar-refractivity contribution in [2.45, 2.75) is 19.3 Å². The van der Waals surface area contributed by atoms with E-state index in [4.69, 9.17) is 4.98 Å². The van der Waals surface area contributed by atoms with Crippen LogP contribution in [0.3, 0.4) is 0 Å². The van der Waals surface area contributed by atoms with Gasteiger partial charge in [0.25, 0.3) is 5.91 Å². The molecule has 34 heavy (non-hydrogen) atoms. The molecule has 0 aliphatic carbocycles. The first kappa shape index (κ1) is 22.4. The van der Waals surface area contributed by atoms with E-state index in [1.807, 2.05) is 23.0 Å². The molecule has 2 saturated heterocycles. The van der Waals surface area contributed by atoms with Crippen molar-refractivity contribution in [1.29, 1.82) is 0 Å². The minimum Gasteiger partial charge on any atom is -0.368 e. The summed E-state index contributed by atoms with van der Waals surface area (Å²) in [6.07, 6.45) is 7.10. The van der Waals surface area contributed by atoms with Crippen LogP contribution in [0.5, 0.6) is 0 Å². The van der Waals surface area contributed by atoms with E-state index >= 15 is 0 Å². The summed E-state index contributed by atoms with van der Waals surface area (Å²) in [6.45, 7) is 5.93. The van der Waals surface area contributed by atoms with Gasteiger partial charge in [-0.3, -0.25) is 4.79 Å². The molecule has 1 N–H and O–H groups in total. The van der Waals surface area contributed by atoms with Gasteiger partial charge in [-0.15, -0.1) is 0 Å². The molecular formula is C24H33N9O. The number of nitrogens with zero attached hydrogens (tertiary/aromatic N) is 8. The van der Waals surface area contributed by atoms with Crippen molar-refractivity contribution in [3.8, 4) is 0 Å². The van der Waals surface area contributed by atoms with Gasteiger partial charge >= 0.3 is 0 Å². The van der Waals surface area contributed by atoms with Crippen molar-refractivity contribution < 1.29 is 4.79 Å². The van der Waals surface area contributed by atoms with Crippen molar-refractivity contribution in [1.82, 2.24) is 29.4 Å². The average Bonchev–Trinajstić information content (AvgIpc) is 3.24. The lowest BCUT2D eigenvalue weighted by molar-refractivity contribution is 0.0816. The molecular weight excluding hydrogens is 430 g/mol. The number of piperazine rings is 1. The Hall–Kier alpha value is -3.40. The highest BCUT2D eigenvalue weighted by atomic mass is 16.2. The van der Waals surface area contributed by atoms with Gasteiger partial charge in [-0.1, -0.05) is 0 Å². The number of hydrogen-bond acceptors (Lipinski definition) is 8. The molecule has 2 fully saturated rings. The molecule has 0 bridgehead atoms. The smallest absolute Gasteiger partial charge is 0.272 e. The maximum absolute atomic E-state index is 12.9. The molecule has 0 unspecified atom stereocenters. The minimum atomic E-state index is -0.0424. The van der Waals surface area contributed by atoms with Crippen molar-refractivity contribution in [2.24, 2.45) is 0 Å². The van der Waals surface area contributed by atoms with E-state index in [0.717, 1.165) is 68.8 Å². The molecule has 10 nitrogen and oxygen atoms in total. The number of fused-ring (bicyclic) bond motifs is 1. The molecule has 180 valence electrons. The van der Waals surface area contributed by atoms with Crippen LogP contribution in [0.25, 0.3) is 11.0 Å². The number of carbonyl (C=O) groups excluding carboxylic acids is 1. The van der Waals surface area contributed by atoms with Crippen LogP contribution >= 0.6 is 0 Å². The number of aromatic nitrogens is 4. The van der Waals surface area contributed by atoms with Crippen LogP contribution in [0.4, 0.5) is 17.5 Å². The highest BCUT2D eigenvalue weighted by molar-refractivity contribution is 5.98. The maximum Gasteiger partial charge on any atom is 0.272 e. The van der Waals surface area contributed by atoms with E-state index in [2.05, 4.69) is 43.2 Å². The number of likely N-dealkylation sites (N-methyl/N-ethyl adjacent to an activating group) is 1. The first-order chi connectivity index (χ1) is 16.5. The first-order valence-electron chi connectivity index (χ1n) is 12.0. The van der Waals surface area contributed by atoms with Gasteiger partial charge in [-0.05, 0) is 44.5 Å². The zero-order valence-corrected chi connectivity index (χ0v) is 20.2. The molecule has 0 saturated carbocycles. The van der Waals surface area contributed by atoms with E-state index in [9.17, 15) is 4.79 Å². The van der Waals surface area contributed by atoms with Gasteiger partial charge in [0.05, 0.1) is 11.9 Å². The molecule has 0 atom stereocenters. The van der Waals surface area contributed by atoms with Crippen LogP contribution in [0.2, 0.25) is 0 Å². The van der Waals surface area contributed by atoms with Gasteiger partial charge in [-0.25, -0.2) is 14.6 Å². The molecule has 5 heterocycles. The molecule has 3 aromatic rings. The topological polar surface area (TPSA) is 85.7 Å². The zero-order chi connectivity index (χ0) is 23.7. The van der Waals surface area contributed by atoms with Crippen molar-refractivity contribution in [3.63, 3.8) is 0 Å². The molecule has 1 amide bonds. The predicted molar refractivity (Wildman–Crippen MR) is 135 cm³/mol. The number of pyridine rings is 1. The molecule has 0 aromatic carbocycles. The van der Waals surface area contributed by atoms with Crippen LogP contribution in [0.15, 0.2) is 30.6 Å². The third-order valence-corrected chi connectivity index (χ3v) is 6.61. The van der Waals surface area contributed by atoms with Crippen molar-refractivity contribution in [3.05, 3.63) is 36.3 Å². The summed E-state index contributed by atoms with van der Waals surface area (Å²) in [6, 6.07) is 5.94.